The van der Waals surface area contributed by atoms with Crippen molar-refractivity contribution in [1.82, 2.24) is 15.1 Å². The summed E-state index contributed by atoms with van der Waals surface area (Å²) in [4.78, 5) is 9.92. The Balaban J connectivity index is 1.79. The van der Waals surface area contributed by atoms with Crippen LogP contribution in [0.5, 0.6) is 0 Å². The van der Waals surface area contributed by atoms with Crippen LogP contribution >= 0.6 is 0 Å². The van der Waals surface area contributed by atoms with E-state index in [1.807, 2.05) is 0 Å². The van der Waals surface area contributed by atoms with Gasteiger partial charge in [0.2, 0.25) is 0 Å². The molecule has 2 rings (SSSR count). The summed E-state index contributed by atoms with van der Waals surface area (Å²) in [5, 5.41) is 3.46. The van der Waals surface area contributed by atoms with Crippen LogP contribution in [0.4, 0.5) is 0 Å². The largest absolute Gasteiger partial charge is 0.357 e. The topological polar surface area (TPSA) is 30.9 Å². The molecule has 1 unspecified atom stereocenters. The minimum Gasteiger partial charge on any atom is -0.357 e. The van der Waals surface area contributed by atoms with E-state index < -0.39 is 0 Å². The minimum absolute atomic E-state index is 0.817. The Morgan fingerprint density at radius 2 is 2.05 bits per heavy atom. The lowest BCUT2D eigenvalue weighted by Crippen LogP contribution is -2.41. The number of aliphatic imine (C=N–C) groups is 1. The van der Waals surface area contributed by atoms with Gasteiger partial charge in [-0.2, -0.15) is 0 Å². The molecule has 2 aliphatic heterocycles. The monoisotopic (exact) mass is 306 g/mol. The summed E-state index contributed by atoms with van der Waals surface area (Å²) in [6, 6.07) is 0. The molecule has 0 amide bonds. The normalized spacial score (nSPS) is 24.4. The Hall–Kier alpha value is -1.03. The van der Waals surface area contributed by atoms with E-state index in [9.17, 15) is 0 Å². The predicted molar refractivity (Wildman–Crippen MR) is 95.4 cm³/mol. The molecule has 22 heavy (non-hydrogen) atoms. The van der Waals surface area contributed by atoms with Gasteiger partial charge in [0.1, 0.15) is 0 Å². The van der Waals surface area contributed by atoms with E-state index in [4.69, 9.17) is 4.99 Å². The highest BCUT2D eigenvalue weighted by molar-refractivity contribution is 5.80. The van der Waals surface area contributed by atoms with Crippen molar-refractivity contribution in [2.75, 3.05) is 45.8 Å². The zero-order valence-electron chi connectivity index (χ0n) is 14.6. The van der Waals surface area contributed by atoms with Crippen LogP contribution in [-0.4, -0.2) is 61.6 Å². The van der Waals surface area contributed by atoms with Crippen LogP contribution in [0.15, 0.2) is 17.1 Å². The van der Waals surface area contributed by atoms with Gasteiger partial charge in [0.15, 0.2) is 5.96 Å². The van der Waals surface area contributed by atoms with Crippen molar-refractivity contribution < 1.29 is 0 Å². The summed E-state index contributed by atoms with van der Waals surface area (Å²) in [5.74, 6) is 1.94. The molecule has 2 aliphatic rings. The first-order valence-corrected chi connectivity index (χ1v) is 9.20. The number of allylic oxidation sites excluding steroid dienone is 1. The van der Waals surface area contributed by atoms with Gasteiger partial charge in [0, 0.05) is 32.7 Å². The van der Waals surface area contributed by atoms with E-state index in [1.54, 1.807) is 0 Å². The molecule has 2 fully saturated rings. The van der Waals surface area contributed by atoms with Crippen molar-refractivity contribution in [3.05, 3.63) is 12.2 Å². The standard InChI is InChI=1S/C18H34N4/c1-3-5-7-11-20-18(19-4-2)22-14-10-17(16-22)15-21-12-8-6-9-13-21/h3,5,17H,4,6-16H2,1-2H3,(H,19,20). The zero-order valence-corrected chi connectivity index (χ0v) is 14.6. The molecule has 1 N–H and O–H groups in total. The van der Waals surface area contributed by atoms with Gasteiger partial charge in [-0.3, -0.25) is 4.99 Å². The molecule has 4 nitrogen and oxygen atoms in total. The van der Waals surface area contributed by atoms with Gasteiger partial charge in [0.25, 0.3) is 0 Å². The summed E-state index contributed by atoms with van der Waals surface area (Å²) >= 11 is 0. The average Bonchev–Trinajstić information content (AvgIpc) is 3.00. The maximum atomic E-state index is 4.78. The number of guanidine groups is 1. The molecule has 2 saturated heterocycles. The van der Waals surface area contributed by atoms with Crippen molar-refractivity contribution in [2.45, 2.75) is 46.0 Å². The maximum absolute atomic E-state index is 4.78. The van der Waals surface area contributed by atoms with Gasteiger partial charge < -0.3 is 15.1 Å². The number of hydrogen-bond donors (Lipinski definition) is 1. The summed E-state index contributed by atoms with van der Waals surface area (Å²) in [6.45, 7) is 12.3. The van der Waals surface area contributed by atoms with Crippen LogP contribution < -0.4 is 5.32 Å². The lowest BCUT2D eigenvalue weighted by Gasteiger charge is -2.29. The number of piperidine rings is 1. The molecule has 0 aromatic carbocycles. The van der Waals surface area contributed by atoms with Gasteiger partial charge in [0.05, 0.1) is 0 Å². The smallest absolute Gasteiger partial charge is 0.193 e. The van der Waals surface area contributed by atoms with Crippen LogP contribution in [0.1, 0.15) is 46.0 Å². The zero-order chi connectivity index (χ0) is 15.6. The van der Waals surface area contributed by atoms with Gasteiger partial charge in [-0.05, 0) is 58.5 Å². The third-order valence-electron chi connectivity index (χ3n) is 4.68. The van der Waals surface area contributed by atoms with Crippen LogP contribution in [0.2, 0.25) is 0 Å². The minimum atomic E-state index is 0.817. The number of rotatable bonds is 6. The van der Waals surface area contributed by atoms with E-state index >= 15 is 0 Å². The van der Waals surface area contributed by atoms with E-state index in [0.29, 0.717) is 0 Å². The summed E-state index contributed by atoms with van der Waals surface area (Å²) in [6.07, 6.45) is 10.9. The lowest BCUT2D eigenvalue weighted by molar-refractivity contribution is 0.198. The molecule has 0 bridgehead atoms. The van der Waals surface area contributed by atoms with Gasteiger partial charge in [-0.15, -0.1) is 0 Å². The van der Waals surface area contributed by atoms with Gasteiger partial charge >= 0.3 is 0 Å². The third-order valence-corrected chi connectivity index (χ3v) is 4.68. The maximum Gasteiger partial charge on any atom is 0.193 e. The van der Waals surface area contributed by atoms with Gasteiger partial charge in [-0.25, -0.2) is 0 Å². The second-order valence-electron chi connectivity index (χ2n) is 6.56. The molecule has 0 aliphatic carbocycles. The second kappa shape index (κ2) is 9.88. The third kappa shape index (κ3) is 5.64. The fourth-order valence-corrected chi connectivity index (χ4v) is 3.52. The highest BCUT2D eigenvalue weighted by Gasteiger charge is 2.26. The molecule has 0 spiro atoms. The molecule has 0 aromatic rings. The molecular weight excluding hydrogens is 272 g/mol. The van der Waals surface area contributed by atoms with E-state index in [1.165, 1.54) is 51.9 Å². The molecule has 0 aromatic heterocycles. The van der Waals surface area contributed by atoms with Crippen LogP contribution in [0.3, 0.4) is 0 Å². The summed E-state index contributed by atoms with van der Waals surface area (Å²) in [7, 11) is 0. The SMILES string of the molecule is CC=CCCN=C(NCC)N1CCC(CN2CCCCC2)C1. The number of nitrogens with zero attached hydrogens (tertiary/aromatic N) is 3. The Labute approximate surface area is 136 Å². The molecular formula is C18H34N4. The lowest BCUT2D eigenvalue weighted by atomic mass is 10.1. The van der Waals surface area contributed by atoms with Crippen LogP contribution in [0, 0.1) is 5.92 Å². The predicted octanol–water partition coefficient (Wildman–Crippen LogP) is 2.73. The van der Waals surface area contributed by atoms with Crippen molar-refractivity contribution in [3.8, 4) is 0 Å². The Morgan fingerprint density at radius 1 is 1.23 bits per heavy atom. The van der Waals surface area contributed by atoms with Crippen molar-refractivity contribution >= 4 is 5.96 Å². The van der Waals surface area contributed by atoms with Crippen LogP contribution in [0.25, 0.3) is 0 Å². The van der Waals surface area contributed by atoms with Crippen molar-refractivity contribution in [3.63, 3.8) is 0 Å². The first-order chi connectivity index (χ1) is 10.8. The first-order valence-electron chi connectivity index (χ1n) is 9.20. The fourth-order valence-electron chi connectivity index (χ4n) is 3.52. The molecule has 0 radical (unpaired) electrons. The number of hydrogen-bond acceptors (Lipinski definition) is 2. The fraction of sp³-hybridized carbons (Fsp3) is 0.833. The van der Waals surface area contributed by atoms with E-state index in [-0.39, 0.29) is 0 Å². The number of likely N-dealkylation sites (tertiary alicyclic amines) is 2. The highest BCUT2D eigenvalue weighted by atomic mass is 15.3. The molecule has 0 saturated carbocycles. The molecule has 2 heterocycles. The first kappa shape index (κ1) is 17.3. The second-order valence-corrected chi connectivity index (χ2v) is 6.56. The van der Waals surface area contributed by atoms with E-state index in [0.717, 1.165) is 37.9 Å². The highest BCUT2D eigenvalue weighted by Crippen LogP contribution is 2.19. The van der Waals surface area contributed by atoms with Crippen molar-refractivity contribution in [1.29, 1.82) is 0 Å². The molecule has 4 heteroatoms. The molecule has 1 atom stereocenters. The van der Waals surface area contributed by atoms with Gasteiger partial charge in [-0.1, -0.05) is 18.6 Å². The Morgan fingerprint density at radius 3 is 2.77 bits per heavy atom. The van der Waals surface area contributed by atoms with E-state index in [2.05, 4.69) is 41.1 Å². The summed E-state index contributed by atoms with van der Waals surface area (Å²) < 4.78 is 0. The number of nitrogens with one attached hydrogen (secondary N) is 1. The Kier molecular flexibility index (Phi) is 7.78. The van der Waals surface area contributed by atoms with Crippen LogP contribution in [-0.2, 0) is 0 Å². The van der Waals surface area contributed by atoms with Crippen molar-refractivity contribution in [2.24, 2.45) is 10.9 Å². The Bertz CT molecular complexity index is 358. The quantitative estimate of drug-likeness (QED) is 0.354. The molecule has 126 valence electrons. The average molecular weight is 306 g/mol. The summed E-state index contributed by atoms with van der Waals surface area (Å²) in [5.41, 5.74) is 0.